The Morgan fingerprint density at radius 1 is 0.880 bits per heavy atom. The van der Waals surface area contributed by atoms with E-state index in [4.69, 9.17) is 9.72 Å². The second-order valence-corrected chi connectivity index (χ2v) is 6.46. The predicted octanol–water partition coefficient (Wildman–Crippen LogP) is 6.42. The molecule has 1 heterocycles. The Morgan fingerprint density at radius 2 is 1.72 bits per heavy atom. The summed E-state index contributed by atoms with van der Waals surface area (Å²) in [6.07, 6.45) is 6.13. The first-order chi connectivity index (χ1) is 12.3. The lowest BCUT2D eigenvalue weighted by atomic mass is 9.98. The number of benzene rings is 2. The molecule has 0 aliphatic heterocycles. The molecule has 3 aromatic rings. The van der Waals surface area contributed by atoms with Crippen LogP contribution in [0.5, 0.6) is 5.75 Å². The fraction of sp³-hybridized carbons (Fsp3) is 0.348. The molecule has 0 unspecified atom stereocenters. The molecule has 0 spiro atoms. The van der Waals surface area contributed by atoms with Crippen LogP contribution in [0, 0.1) is 0 Å². The van der Waals surface area contributed by atoms with E-state index >= 15 is 0 Å². The summed E-state index contributed by atoms with van der Waals surface area (Å²) in [5, 5.41) is 1.16. The van der Waals surface area contributed by atoms with Crippen LogP contribution >= 0.6 is 0 Å². The molecule has 25 heavy (non-hydrogen) atoms. The van der Waals surface area contributed by atoms with Gasteiger partial charge in [0.2, 0.25) is 0 Å². The number of pyridine rings is 1. The minimum atomic E-state index is 0.685. The molecular weight excluding hydrogens is 306 g/mol. The molecule has 0 radical (unpaired) electrons. The van der Waals surface area contributed by atoms with E-state index in [1.54, 1.807) is 0 Å². The van der Waals surface area contributed by atoms with Crippen molar-refractivity contribution in [2.75, 3.05) is 6.61 Å². The molecule has 0 aliphatic carbocycles. The molecule has 1 aromatic heterocycles. The average Bonchev–Trinajstić information content (AvgIpc) is 2.65. The summed E-state index contributed by atoms with van der Waals surface area (Å²) in [6, 6.07) is 19.0. The largest absolute Gasteiger partial charge is 0.494 e. The first kappa shape index (κ1) is 17.5. The second kappa shape index (κ2) is 8.66. The van der Waals surface area contributed by atoms with Crippen LogP contribution in [0.25, 0.3) is 22.2 Å². The lowest BCUT2D eigenvalue weighted by Crippen LogP contribution is -1.97. The van der Waals surface area contributed by atoms with Crippen LogP contribution in [0.3, 0.4) is 0 Å². The lowest BCUT2D eigenvalue weighted by molar-refractivity contribution is 0.340. The number of rotatable bonds is 8. The maximum absolute atomic E-state index is 5.65. The molecular formula is C23H27NO. The van der Waals surface area contributed by atoms with Gasteiger partial charge in [-0.25, -0.2) is 4.98 Å². The summed E-state index contributed by atoms with van der Waals surface area (Å²) >= 11 is 0. The number of hydrogen-bond acceptors (Lipinski definition) is 2. The van der Waals surface area contributed by atoms with Crippen molar-refractivity contribution in [3.8, 4) is 17.0 Å². The number of ether oxygens (including phenoxy) is 1. The van der Waals surface area contributed by atoms with Gasteiger partial charge in [0.05, 0.1) is 17.8 Å². The number of unbranched alkanes of at least 4 members (excludes halogenated alkanes) is 3. The van der Waals surface area contributed by atoms with Crippen LogP contribution in [0.4, 0.5) is 0 Å². The normalized spacial score (nSPS) is 11.0. The Labute approximate surface area is 150 Å². The lowest BCUT2D eigenvalue weighted by Gasteiger charge is -2.12. The topological polar surface area (TPSA) is 22.1 Å². The van der Waals surface area contributed by atoms with Crippen LogP contribution in [0.15, 0.2) is 54.6 Å². The molecule has 3 rings (SSSR count). The Hall–Kier alpha value is -2.35. The number of nitrogens with zero attached hydrogens (tertiary/aromatic N) is 1. The van der Waals surface area contributed by atoms with Crippen molar-refractivity contribution in [1.29, 1.82) is 0 Å². The molecule has 2 aromatic carbocycles. The van der Waals surface area contributed by atoms with E-state index in [-0.39, 0.29) is 0 Å². The zero-order valence-corrected chi connectivity index (χ0v) is 15.3. The van der Waals surface area contributed by atoms with Gasteiger partial charge in [0.15, 0.2) is 0 Å². The van der Waals surface area contributed by atoms with Gasteiger partial charge in [0.1, 0.15) is 5.75 Å². The Balaban J connectivity index is 2.00. The van der Waals surface area contributed by atoms with Crippen molar-refractivity contribution >= 4 is 10.9 Å². The maximum atomic E-state index is 5.65. The minimum Gasteiger partial charge on any atom is -0.494 e. The van der Waals surface area contributed by atoms with Gasteiger partial charge in [-0.15, -0.1) is 0 Å². The smallest absolute Gasteiger partial charge is 0.120 e. The molecule has 0 saturated heterocycles. The predicted molar refractivity (Wildman–Crippen MR) is 106 cm³/mol. The van der Waals surface area contributed by atoms with Gasteiger partial charge in [0, 0.05) is 10.9 Å². The minimum absolute atomic E-state index is 0.685. The van der Waals surface area contributed by atoms with Crippen LogP contribution in [0.1, 0.15) is 45.1 Å². The van der Waals surface area contributed by atoms with E-state index in [2.05, 4.69) is 55.5 Å². The van der Waals surface area contributed by atoms with Gasteiger partial charge in [-0.05, 0) is 49.6 Å². The van der Waals surface area contributed by atoms with Gasteiger partial charge >= 0.3 is 0 Å². The highest BCUT2D eigenvalue weighted by molar-refractivity contribution is 5.84. The standard InChI is InChI=1S/C23H27NO/c1-3-5-6-8-13-19-16-20-17-21(25-4-2)14-15-22(20)24-23(19)18-11-9-7-10-12-18/h7,9-12,14-17H,3-6,8,13H2,1-2H3. The van der Waals surface area contributed by atoms with E-state index in [0.717, 1.165) is 28.8 Å². The first-order valence-electron chi connectivity index (χ1n) is 9.43. The van der Waals surface area contributed by atoms with Crippen LogP contribution in [-0.2, 0) is 6.42 Å². The van der Waals surface area contributed by atoms with Crippen molar-refractivity contribution < 1.29 is 4.74 Å². The molecule has 0 N–H and O–H groups in total. The van der Waals surface area contributed by atoms with Crippen molar-refractivity contribution in [1.82, 2.24) is 4.98 Å². The maximum Gasteiger partial charge on any atom is 0.120 e. The summed E-state index contributed by atoms with van der Waals surface area (Å²) in [5.41, 5.74) is 4.68. The highest BCUT2D eigenvalue weighted by Crippen LogP contribution is 2.29. The zero-order valence-electron chi connectivity index (χ0n) is 15.3. The van der Waals surface area contributed by atoms with Gasteiger partial charge in [-0.1, -0.05) is 56.5 Å². The Morgan fingerprint density at radius 3 is 2.48 bits per heavy atom. The highest BCUT2D eigenvalue weighted by atomic mass is 16.5. The van der Waals surface area contributed by atoms with Gasteiger partial charge in [-0.3, -0.25) is 0 Å². The SMILES string of the molecule is CCCCCCc1cc2cc(OCC)ccc2nc1-c1ccccc1. The summed E-state index contributed by atoms with van der Waals surface area (Å²) in [4.78, 5) is 4.99. The molecule has 0 aliphatic rings. The number of hydrogen-bond donors (Lipinski definition) is 0. The quantitative estimate of drug-likeness (QED) is 0.443. The zero-order chi connectivity index (χ0) is 17.5. The van der Waals surface area contributed by atoms with Crippen LogP contribution in [0.2, 0.25) is 0 Å². The summed E-state index contributed by atoms with van der Waals surface area (Å²) < 4.78 is 5.65. The molecule has 0 bridgehead atoms. The van der Waals surface area contributed by atoms with Crippen molar-refractivity contribution in [3.63, 3.8) is 0 Å². The average molecular weight is 333 g/mol. The van der Waals surface area contributed by atoms with E-state index in [1.807, 2.05) is 13.0 Å². The molecule has 0 saturated carbocycles. The van der Waals surface area contributed by atoms with Crippen molar-refractivity contribution in [2.24, 2.45) is 0 Å². The third-order valence-electron chi connectivity index (χ3n) is 4.52. The van der Waals surface area contributed by atoms with E-state index in [0.29, 0.717) is 6.61 Å². The number of aromatic nitrogens is 1. The third-order valence-corrected chi connectivity index (χ3v) is 4.52. The fourth-order valence-electron chi connectivity index (χ4n) is 3.23. The molecule has 0 atom stereocenters. The first-order valence-corrected chi connectivity index (χ1v) is 9.43. The summed E-state index contributed by atoms with van der Waals surface area (Å²) in [6.45, 7) is 4.95. The monoisotopic (exact) mass is 333 g/mol. The molecule has 2 heteroatoms. The van der Waals surface area contributed by atoms with Crippen LogP contribution < -0.4 is 4.74 Å². The Kier molecular flexibility index (Phi) is 6.05. The Bertz CT molecular complexity index is 811. The van der Waals surface area contributed by atoms with Crippen molar-refractivity contribution in [2.45, 2.75) is 46.0 Å². The third kappa shape index (κ3) is 4.39. The van der Waals surface area contributed by atoms with Gasteiger partial charge in [-0.2, -0.15) is 0 Å². The van der Waals surface area contributed by atoms with Gasteiger partial charge in [0.25, 0.3) is 0 Å². The molecule has 2 nitrogen and oxygen atoms in total. The number of aryl methyl sites for hydroxylation is 1. The molecule has 0 fully saturated rings. The second-order valence-electron chi connectivity index (χ2n) is 6.46. The van der Waals surface area contributed by atoms with Gasteiger partial charge < -0.3 is 4.74 Å². The van der Waals surface area contributed by atoms with Crippen LogP contribution in [-0.4, -0.2) is 11.6 Å². The van der Waals surface area contributed by atoms with E-state index < -0.39 is 0 Å². The summed E-state index contributed by atoms with van der Waals surface area (Å²) in [5.74, 6) is 0.918. The van der Waals surface area contributed by atoms with Crippen molar-refractivity contribution in [3.05, 3.63) is 60.2 Å². The number of fused-ring (bicyclic) bond motifs is 1. The fourth-order valence-corrected chi connectivity index (χ4v) is 3.23. The van der Waals surface area contributed by atoms with E-state index in [9.17, 15) is 0 Å². The molecule has 130 valence electrons. The summed E-state index contributed by atoms with van der Waals surface area (Å²) in [7, 11) is 0. The van der Waals surface area contributed by atoms with E-state index in [1.165, 1.54) is 36.8 Å². The molecule has 0 amide bonds. The highest BCUT2D eigenvalue weighted by Gasteiger charge is 2.10.